The molecule has 2 rings (SSSR count). The van der Waals surface area contributed by atoms with Crippen LogP contribution in [0.5, 0.6) is 5.75 Å². The van der Waals surface area contributed by atoms with Gasteiger partial charge in [0, 0.05) is 23.5 Å². The van der Waals surface area contributed by atoms with Crippen molar-refractivity contribution < 1.29 is 5.11 Å². The van der Waals surface area contributed by atoms with Crippen LogP contribution < -0.4 is 0 Å². The van der Waals surface area contributed by atoms with E-state index in [-0.39, 0.29) is 10.8 Å². The van der Waals surface area contributed by atoms with E-state index in [0.717, 1.165) is 22.5 Å². The van der Waals surface area contributed by atoms with Gasteiger partial charge in [0.25, 0.3) is 0 Å². The maximum absolute atomic E-state index is 10.7. The van der Waals surface area contributed by atoms with Crippen molar-refractivity contribution in [3.05, 3.63) is 47.0 Å². The monoisotopic (exact) mass is 313 g/mol. The summed E-state index contributed by atoms with van der Waals surface area (Å²) in [4.78, 5) is 4.17. The SMILES string of the molecule is Cc1nccn1/N=C/c1cc(C(C)(C)C)c(O)c(C(C)(C)C)c1. The van der Waals surface area contributed by atoms with Crippen LogP contribution in [0.15, 0.2) is 29.6 Å². The molecule has 2 aromatic rings. The summed E-state index contributed by atoms with van der Waals surface area (Å²) < 4.78 is 1.74. The van der Waals surface area contributed by atoms with Gasteiger partial charge in [0.1, 0.15) is 11.6 Å². The standard InChI is InChI=1S/C19H27N3O/c1-13-20-8-9-22(13)21-12-14-10-15(18(2,3)4)17(23)16(11-14)19(5,6)7/h8-12,23H,1-7H3/b21-12+. The van der Waals surface area contributed by atoms with Crippen LogP contribution in [0.25, 0.3) is 0 Å². The number of aryl methyl sites for hydroxylation is 1. The van der Waals surface area contributed by atoms with Crippen molar-refractivity contribution in [1.82, 2.24) is 9.66 Å². The highest BCUT2D eigenvalue weighted by molar-refractivity contribution is 5.81. The number of rotatable bonds is 2. The summed E-state index contributed by atoms with van der Waals surface area (Å²) in [5.41, 5.74) is 2.57. The second-order valence-corrected chi connectivity index (χ2v) is 8.03. The molecule has 4 nitrogen and oxygen atoms in total. The van der Waals surface area contributed by atoms with E-state index in [1.807, 2.05) is 31.5 Å². The molecule has 1 N–H and O–H groups in total. The van der Waals surface area contributed by atoms with Gasteiger partial charge in [-0.2, -0.15) is 5.10 Å². The van der Waals surface area contributed by atoms with Crippen LogP contribution in [0.2, 0.25) is 0 Å². The second kappa shape index (κ2) is 5.84. The van der Waals surface area contributed by atoms with Crippen molar-refractivity contribution >= 4 is 6.21 Å². The smallest absolute Gasteiger partial charge is 0.126 e. The van der Waals surface area contributed by atoms with Crippen LogP contribution in [0.4, 0.5) is 0 Å². The molecule has 4 heteroatoms. The summed E-state index contributed by atoms with van der Waals surface area (Å²) in [5.74, 6) is 1.23. The van der Waals surface area contributed by atoms with Gasteiger partial charge in [0.15, 0.2) is 0 Å². The third-order valence-corrected chi connectivity index (χ3v) is 3.88. The highest BCUT2D eigenvalue weighted by atomic mass is 16.3. The average Bonchev–Trinajstić information content (AvgIpc) is 2.80. The minimum absolute atomic E-state index is 0.140. The Morgan fingerprint density at radius 3 is 1.96 bits per heavy atom. The number of aromatic hydroxyl groups is 1. The van der Waals surface area contributed by atoms with Crippen molar-refractivity contribution in [3.63, 3.8) is 0 Å². The molecule has 1 aromatic heterocycles. The molecule has 0 saturated heterocycles. The van der Waals surface area contributed by atoms with Crippen molar-refractivity contribution in [1.29, 1.82) is 0 Å². The zero-order valence-corrected chi connectivity index (χ0v) is 15.2. The van der Waals surface area contributed by atoms with Crippen LogP contribution in [0, 0.1) is 6.92 Å². The first-order chi connectivity index (χ1) is 10.5. The van der Waals surface area contributed by atoms with Gasteiger partial charge in [-0.25, -0.2) is 9.66 Å². The van der Waals surface area contributed by atoms with Crippen LogP contribution in [0.1, 0.15) is 64.1 Å². The third kappa shape index (κ3) is 3.81. The minimum atomic E-state index is -0.140. The lowest BCUT2D eigenvalue weighted by atomic mass is 9.78. The van der Waals surface area contributed by atoms with Gasteiger partial charge in [0.05, 0.1) is 6.21 Å². The Hall–Kier alpha value is -2.10. The van der Waals surface area contributed by atoms with Gasteiger partial charge in [-0.05, 0) is 35.4 Å². The normalized spacial score (nSPS) is 13.0. The Labute approximate surface area is 138 Å². The molecule has 0 saturated carbocycles. The predicted octanol–water partition coefficient (Wildman–Crippen LogP) is 4.37. The average molecular weight is 313 g/mol. The number of phenols is 1. The molecule has 0 amide bonds. The number of benzene rings is 1. The Bertz CT molecular complexity index is 693. The molecule has 0 spiro atoms. The quantitative estimate of drug-likeness (QED) is 0.837. The Morgan fingerprint density at radius 2 is 1.57 bits per heavy atom. The van der Waals surface area contributed by atoms with Crippen LogP contribution in [-0.2, 0) is 10.8 Å². The summed E-state index contributed by atoms with van der Waals surface area (Å²) in [5, 5.41) is 15.2. The lowest BCUT2D eigenvalue weighted by Crippen LogP contribution is -2.18. The molecule has 124 valence electrons. The third-order valence-electron chi connectivity index (χ3n) is 3.88. The zero-order valence-electron chi connectivity index (χ0n) is 15.2. The van der Waals surface area contributed by atoms with Crippen molar-refractivity contribution in [2.45, 2.75) is 59.3 Å². The Kier molecular flexibility index (Phi) is 4.38. The van der Waals surface area contributed by atoms with Gasteiger partial charge in [-0.3, -0.25) is 0 Å². The van der Waals surface area contributed by atoms with Crippen molar-refractivity contribution in [2.24, 2.45) is 5.10 Å². The lowest BCUT2D eigenvalue weighted by Gasteiger charge is -2.27. The van der Waals surface area contributed by atoms with E-state index in [9.17, 15) is 5.11 Å². The first-order valence-corrected chi connectivity index (χ1v) is 7.92. The van der Waals surface area contributed by atoms with Gasteiger partial charge >= 0.3 is 0 Å². The Balaban J connectivity index is 2.56. The maximum Gasteiger partial charge on any atom is 0.126 e. The van der Waals surface area contributed by atoms with Gasteiger partial charge < -0.3 is 5.11 Å². The molecule has 0 aliphatic rings. The summed E-state index contributed by atoms with van der Waals surface area (Å²) in [6.45, 7) is 14.6. The van der Waals surface area contributed by atoms with Crippen LogP contribution in [0.3, 0.4) is 0 Å². The van der Waals surface area contributed by atoms with Gasteiger partial charge in [-0.1, -0.05) is 41.5 Å². The molecule has 1 aromatic carbocycles. The number of phenolic OH excluding ortho intramolecular Hbond substituents is 1. The van der Waals surface area contributed by atoms with Crippen molar-refractivity contribution in [3.8, 4) is 5.75 Å². The molecule has 0 radical (unpaired) electrons. The molecular weight excluding hydrogens is 286 g/mol. The van der Waals surface area contributed by atoms with Crippen LogP contribution >= 0.6 is 0 Å². The van der Waals surface area contributed by atoms with E-state index in [0.29, 0.717) is 5.75 Å². The number of hydrogen-bond acceptors (Lipinski definition) is 3. The first kappa shape index (κ1) is 17.3. The molecular formula is C19H27N3O. The molecule has 23 heavy (non-hydrogen) atoms. The van der Waals surface area contributed by atoms with E-state index >= 15 is 0 Å². The second-order valence-electron chi connectivity index (χ2n) is 8.03. The lowest BCUT2D eigenvalue weighted by molar-refractivity contribution is 0.423. The summed E-state index contributed by atoms with van der Waals surface area (Å²) >= 11 is 0. The van der Waals surface area contributed by atoms with E-state index in [1.165, 1.54) is 0 Å². The highest BCUT2D eigenvalue weighted by Crippen LogP contribution is 2.39. The maximum atomic E-state index is 10.7. The molecule has 0 bridgehead atoms. The fourth-order valence-electron chi connectivity index (χ4n) is 2.50. The topological polar surface area (TPSA) is 50.4 Å². The summed E-state index contributed by atoms with van der Waals surface area (Å²) in [7, 11) is 0. The minimum Gasteiger partial charge on any atom is -0.507 e. The predicted molar refractivity (Wildman–Crippen MR) is 95.5 cm³/mol. The molecule has 1 heterocycles. The van der Waals surface area contributed by atoms with Gasteiger partial charge in [0.2, 0.25) is 0 Å². The molecule has 0 aliphatic carbocycles. The van der Waals surface area contributed by atoms with Crippen molar-refractivity contribution in [2.75, 3.05) is 0 Å². The molecule has 0 fully saturated rings. The molecule has 0 unspecified atom stereocenters. The number of nitrogens with zero attached hydrogens (tertiary/aromatic N) is 3. The van der Waals surface area contributed by atoms with E-state index < -0.39 is 0 Å². The Morgan fingerprint density at radius 1 is 1.04 bits per heavy atom. The van der Waals surface area contributed by atoms with Crippen LogP contribution in [-0.4, -0.2) is 21.0 Å². The largest absolute Gasteiger partial charge is 0.507 e. The van der Waals surface area contributed by atoms with E-state index in [4.69, 9.17) is 0 Å². The number of aromatic nitrogens is 2. The number of imidazole rings is 1. The molecule has 0 atom stereocenters. The fourth-order valence-corrected chi connectivity index (χ4v) is 2.50. The summed E-state index contributed by atoms with van der Waals surface area (Å²) in [6.07, 6.45) is 5.37. The zero-order chi connectivity index (χ0) is 17.4. The highest BCUT2D eigenvalue weighted by Gasteiger charge is 2.26. The number of hydrogen-bond donors (Lipinski definition) is 1. The first-order valence-electron chi connectivity index (χ1n) is 7.92. The van der Waals surface area contributed by atoms with E-state index in [1.54, 1.807) is 10.9 Å². The fraction of sp³-hybridized carbons (Fsp3) is 0.474. The van der Waals surface area contributed by atoms with Gasteiger partial charge in [-0.15, -0.1) is 0 Å². The molecule has 0 aliphatic heterocycles. The van der Waals surface area contributed by atoms with E-state index in [2.05, 4.69) is 51.6 Å². The summed E-state index contributed by atoms with van der Waals surface area (Å²) in [6, 6.07) is 4.03.